The number of hydrogen-bond donors (Lipinski definition) is 3. The smallest absolute Gasteiger partial charge is 0.326 e. The Morgan fingerprint density at radius 3 is 1.79 bits per heavy atom. The van der Waals surface area contributed by atoms with E-state index in [9.17, 15) is 14.4 Å². The number of primary amides is 1. The van der Waals surface area contributed by atoms with Crippen LogP contribution in [0, 0.1) is 0 Å². The molecule has 2 amide bonds. The average molecular weight is 465 g/mol. The Morgan fingerprint density at radius 2 is 1.27 bits per heavy atom. The van der Waals surface area contributed by atoms with Crippen LogP contribution < -0.4 is 11.1 Å². The van der Waals surface area contributed by atoms with Crippen molar-refractivity contribution in [2.75, 3.05) is 0 Å². The van der Waals surface area contributed by atoms with Crippen LogP contribution in [0.25, 0.3) is 0 Å². The average Bonchev–Trinajstić information content (AvgIpc) is 2.77. The molecule has 0 spiro atoms. The van der Waals surface area contributed by atoms with Crippen molar-refractivity contribution in [3.8, 4) is 0 Å². The number of rotatable bonds is 23. The molecule has 0 fully saturated rings. The van der Waals surface area contributed by atoms with E-state index in [1.165, 1.54) is 70.6 Å². The van der Waals surface area contributed by atoms with Crippen LogP contribution in [0.5, 0.6) is 0 Å². The van der Waals surface area contributed by atoms with Crippen LogP contribution in [0.1, 0.15) is 122 Å². The van der Waals surface area contributed by atoms with Crippen LogP contribution in [-0.4, -0.2) is 28.9 Å². The molecule has 0 aliphatic carbocycles. The lowest BCUT2D eigenvalue weighted by Crippen LogP contribution is -2.41. The molecule has 0 bridgehead atoms. The third kappa shape index (κ3) is 22.9. The minimum atomic E-state index is -1.13. The van der Waals surface area contributed by atoms with Crippen LogP contribution in [0.4, 0.5) is 0 Å². The van der Waals surface area contributed by atoms with Crippen LogP contribution in [0.15, 0.2) is 24.3 Å². The van der Waals surface area contributed by atoms with Gasteiger partial charge in [-0.15, -0.1) is 0 Å². The molecule has 0 aromatic heterocycles. The fourth-order valence-electron chi connectivity index (χ4n) is 3.61. The zero-order valence-corrected chi connectivity index (χ0v) is 20.9. The number of nitrogens with two attached hydrogens (primary N) is 1. The van der Waals surface area contributed by atoms with Crippen molar-refractivity contribution in [1.29, 1.82) is 0 Å². The summed E-state index contributed by atoms with van der Waals surface area (Å²) in [6.45, 7) is 2.24. The normalized spacial score (nSPS) is 12.4. The van der Waals surface area contributed by atoms with E-state index in [2.05, 4.69) is 36.5 Å². The Morgan fingerprint density at radius 1 is 0.758 bits per heavy atom. The van der Waals surface area contributed by atoms with E-state index >= 15 is 0 Å². The first-order chi connectivity index (χ1) is 16.0. The zero-order chi connectivity index (χ0) is 24.6. The molecule has 0 rings (SSSR count). The Hall–Kier alpha value is -2.11. The maximum absolute atomic E-state index is 11.9. The molecule has 0 aromatic rings. The summed E-state index contributed by atoms with van der Waals surface area (Å²) < 4.78 is 0. The van der Waals surface area contributed by atoms with Gasteiger partial charge in [-0.25, -0.2) is 4.79 Å². The van der Waals surface area contributed by atoms with Gasteiger partial charge in [0.15, 0.2) is 0 Å². The molecule has 1 atom stereocenters. The number of amides is 2. The van der Waals surface area contributed by atoms with Crippen LogP contribution in [0.2, 0.25) is 0 Å². The molecule has 0 aliphatic heterocycles. The second-order valence-electron chi connectivity index (χ2n) is 8.86. The van der Waals surface area contributed by atoms with Crippen molar-refractivity contribution < 1.29 is 19.5 Å². The van der Waals surface area contributed by atoms with Crippen LogP contribution >= 0.6 is 0 Å². The molecule has 190 valence electrons. The van der Waals surface area contributed by atoms with Crippen molar-refractivity contribution in [2.45, 2.75) is 129 Å². The zero-order valence-electron chi connectivity index (χ0n) is 20.9. The summed E-state index contributed by atoms with van der Waals surface area (Å²) in [5, 5.41) is 11.6. The lowest BCUT2D eigenvalue weighted by molar-refractivity contribution is -0.142. The van der Waals surface area contributed by atoms with E-state index in [0.29, 0.717) is 6.42 Å². The number of carbonyl (C=O) groups excluding carboxylic acids is 2. The van der Waals surface area contributed by atoms with Gasteiger partial charge in [-0.1, -0.05) is 89.0 Å². The highest BCUT2D eigenvalue weighted by Gasteiger charge is 2.20. The molecule has 0 aliphatic rings. The summed E-state index contributed by atoms with van der Waals surface area (Å²) in [5.41, 5.74) is 5.04. The van der Waals surface area contributed by atoms with Crippen molar-refractivity contribution in [2.24, 2.45) is 5.73 Å². The van der Waals surface area contributed by atoms with Crippen molar-refractivity contribution >= 4 is 17.8 Å². The number of hydrogen-bond acceptors (Lipinski definition) is 3. The van der Waals surface area contributed by atoms with E-state index in [1.54, 1.807) is 0 Å². The highest BCUT2D eigenvalue weighted by molar-refractivity contribution is 5.84. The standard InChI is InChI=1S/C27H48N2O4/c1-2-3-4-5-6-7-8-9-10-11-12-13-14-15-16-17-18-19-20-21-26(31)29-24(27(32)33)22-23-25(28)30/h6-7,9-10,24H,2-5,8,11-23H2,1H3,(H2,28,30)(H,29,31)(H,32,33)/b7-6-,10-9-/t24-/m0/s1. The van der Waals surface area contributed by atoms with Crippen LogP contribution in [-0.2, 0) is 14.4 Å². The van der Waals surface area contributed by atoms with Gasteiger partial charge >= 0.3 is 5.97 Å². The maximum Gasteiger partial charge on any atom is 0.326 e. The molecule has 33 heavy (non-hydrogen) atoms. The molecule has 0 saturated heterocycles. The lowest BCUT2D eigenvalue weighted by Gasteiger charge is -2.13. The minimum absolute atomic E-state index is 0.0310. The maximum atomic E-state index is 11.9. The number of aliphatic carboxylic acids is 1. The summed E-state index contributed by atoms with van der Waals surface area (Å²) in [7, 11) is 0. The van der Waals surface area contributed by atoms with Gasteiger partial charge in [0.05, 0.1) is 0 Å². The molecule has 6 heteroatoms. The van der Waals surface area contributed by atoms with Crippen molar-refractivity contribution in [3.05, 3.63) is 24.3 Å². The highest BCUT2D eigenvalue weighted by Crippen LogP contribution is 2.12. The number of unbranched alkanes of at least 4 members (excludes halogenated alkanes) is 12. The molecule has 0 unspecified atom stereocenters. The predicted octanol–water partition coefficient (Wildman–Crippen LogP) is 6.20. The first-order valence-corrected chi connectivity index (χ1v) is 13.1. The van der Waals surface area contributed by atoms with Gasteiger partial charge in [0, 0.05) is 12.8 Å². The van der Waals surface area contributed by atoms with E-state index in [4.69, 9.17) is 10.8 Å². The molecule has 0 heterocycles. The van der Waals surface area contributed by atoms with Gasteiger partial charge in [0.1, 0.15) is 6.04 Å². The summed E-state index contributed by atoms with van der Waals surface area (Å²) in [6.07, 6.45) is 27.2. The molecule has 4 N–H and O–H groups in total. The molecular formula is C27H48N2O4. The summed E-state index contributed by atoms with van der Waals surface area (Å²) in [4.78, 5) is 33.8. The largest absolute Gasteiger partial charge is 0.480 e. The van der Waals surface area contributed by atoms with E-state index in [-0.39, 0.29) is 18.7 Å². The summed E-state index contributed by atoms with van der Waals surface area (Å²) in [5.74, 6) is -1.97. The SMILES string of the molecule is CCCCC/C=C\C/C=C\CCCCCCCCCCCC(=O)N[C@@H](CCC(N)=O)C(=O)O. The van der Waals surface area contributed by atoms with Gasteiger partial charge in [-0.3, -0.25) is 9.59 Å². The summed E-state index contributed by atoms with van der Waals surface area (Å²) >= 11 is 0. The van der Waals surface area contributed by atoms with E-state index in [0.717, 1.165) is 25.7 Å². The molecule has 0 aromatic carbocycles. The van der Waals surface area contributed by atoms with Gasteiger partial charge < -0.3 is 16.2 Å². The van der Waals surface area contributed by atoms with Crippen molar-refractivity contribution in [3.63, 3.8) is 0 Å². The number of carboxylic acids is 1. The predicted molar refractivity (Wildman–Crippen MR) is 136 cm³/mol. The van der Waals surface area contributed by atoms with Gasteiger partial charge in [0.2, 0.25) is 11.8 Å². The number of carbonyl (C=O) groups is 3. The molecular weight excluding hydrogens is 416 g/mol. The fourth-order valence-corrected chi connectivity index (χ4v) is 3.61. The van der Waals surface area contributed by atoms with Gasteiger partial charge in [-0.05, 0) is 44.9 Å². The Labute approximate surface area is 201 Å². The first-order valence-electron chi connectivity index (χ1n) is 13.1. The minimum Gasteiger partial charge on any atom is -0.480 e. The third-order valence-electron chi connectivity index (χ3n) is 5.67. The van der Waals surface area contributed by atoms with E-state index < -0.39 is 17.9 Å². The summed E-state index contributed by atoms with van der Waals surface area (Å²) in [6, 6.07) is -1.04. The first kappa shape index (κ1) is 30.9. The highest BCUT2D eigenvalue weighted by atomic mass is 16.4. The number of allylic oxidation sites excluding steroid dienone is 4. The lowest BCUT2D eigenvalue weighted by atomic mass is 10.1. The molecule has 6 nitrogen and oxygen atoms in total. The third-order valence-corrected chi connectivity index (χ3v) is 5.67. The fraction of sp³-hybridized carbons (Fsp3) is 0.741. The topological polar surface area (TPSA) is 109 Å². The monoisotopic (exact) mass is 464 g/mol. The van der Waals surface area contributed by atoms with Gasteiger partial charge in [-0.2, -0.15) is 0 Å². The Balaban J connectivity index is 3.48. The second-order valence-corrected chi connectivity index (χ2v) is 8.86. The van der Waals surface area contributed by atoms with Crippen molar-refractivity contribution in [1.82, 2.24) is 5.32 Å². The number of nitrogens with one attached hydrogen (secondary N) is 1. The molecule has 0 saturated carbocycles. The van der Waals surface area contributed by atoms with Crippen LogP contribution in [0.3, 0.4) is 0 Å². The molecule has 0 radical (unpaired) electrons. The number of carboxylic acid groups (broad SMARTS) is 1. The second kappa shape index (κ2) is 23.1. The van der Waals surface area contributed by atoms with Gasteiger partial charge in [0.25, 0.3) is 0 Å². The Bertz CT molecular complexity index is 572. The Kier molecular flexibility index (Phi) is 21.6. The van der Waals surface area contributed by atoms with E-state index in [1.807, 2.05) is 0 Å². The quantitative estimate of drug-likeness (QED) is 0.124.